The van der Waals surface area contributed by atoms with Crippen molar-refractivity contribution in [1.29, 1.82) is 0 Å². The van der Waals surface area contributed by atoms with E-state index in [4.69, 9.17) is 18.0 Å². The molecule has 0 aromatic carbocycles. The summed E-state index contributed by atoms with van der Waals surface area (Å²) in [4.78, 5) is 8.79. The summed E-state index contributed by atoms with van der Waals surface area (Å²) in [5.74, 6) is 0.820. The molecular formula is C13H20N4S. The van der Waals surface area contributed by atoms with Crippen LogP contribution < -0.4 is 11.1 Å². The molecule has 1 aliphatic carbocycles. The Hall–Kier alpha value is -1.23. The Kier molecular flexibility index (Phi) is 4.87. The quantitative estimate of drug-likeness (QED) is 0.822. The van der Waals surface area contributed by atoms with Gasteiger partial charge in [0.1, 0.15) is 16.5 Å². The molecule has 1 aromatic rings. The van der Waals surface area contributed by atoms with E-state index < -0.39 is 0 Å². The number of hydrogen-bond acceptors (Lipinski definition) is 4. The smallest absolute Gasteiger partial charge is 0.144 e. The number of hydrogen-bond donors (Lipinski definition) is 2. The van der Waals surface area contributed by atoms with Crippen LogP contribution in [0.2, 0.25) is 0 Å². The van der Waals surface area contributed by atoms with Crippen LogP contribution in [-0.2, 0) is 0 Å². The third-order valence-electron chi connectivity index (χ3n) is 3.36. The van der Waals surface area contributed by atoms with E-state index in [2.05, 4.69) is 15.3 Å². The van der Waals surface area contributed by atoms with Crippen molar-refractivity contribution in [2.75, 3.05) is 5.32 Å². The maximum absolute atomic E-state index is 5.49. The molecule has 1 aromatic heterocycles. The van der Waals surface area contributed by atoms with Gasteiger partial charge in [0.15, 0.2) is 0 Å². The predicted molar refractivity (Wildman–Crippen MR) is 77.6 cm³/mol. The van der Waals surface area contributed by atoms with Gasteiger partial charge >= 0.3 is 0 Å². The normalized spacial score (nSPS) is 17.8. The number of nitrogens with two attached hydrogens (primary N) is 1. The van der Waals surface area contributed by atoms with E-state index in [9.17, 15) is 0 Å². The van der Waals surface area contributed by atoms with Crippen LogP contribution in [0.5, 0.6) is 0 Å². The van der Waals surface area contributed by atoms with E-state index >= 15 is 0 Å². The van der Waals surface area contributed by atoms with Crippen LogP contribution in [0.15, 0.2) is 12.4 Å². The van der Waals surface area contributed by atoms with E-state index in [1.807, 2.05) is 0 Å². The number of anilines is 1. The molecule has 1 saturated carbocycles. The fraction of sp³-hybridized carbons (Fsp3) is 0.615. The Bertz CT molecular complexity index is 382. The van der Waals surface area contributed by atoms with Gasteiger partial charge in [-0.05, 0) is 12.8 Å². The zero-order valence-corrected chi connectivity index (χ0v) is 11.4. The fourth-order valence-corrected chi connectivity index (χ4v) is 2.44. The summed E-state index contributed by atoms with van der Waals surface area (Å²) < 4.78 is 0. The van der Waals surface area contributed by atoms with Crippen LogP contribution in [0, 0.1) is 0 Å². The van der Waals surface area contributed by atoms with Crippen LogP contribution >= 0.6 is 12.2 Å². The monoisotopic (exact) mass is 264 g/mol. The third kappa shape index (κ3) is 3.91. The van der Waals surface area contributed by atoms with Gasteiger partial charge < -0.3 is 11.1 Å². The van der Waals surface area contributed by atoms with Gasteiger partial charge in [0.05, 0.1) is 12.4 Å². The molecule has 4 nitrogen and oxygen atoms in total. The summed E-state index contributed by atoms with van der Waals surface area (Å²) >= 11 is 4.85. The highest BCUT2D eigenvalue weighted by Gasteiger charge is 2.11. The maximum Gasteiger partial charge on any atom is 0.144 e. The predicted octanol–water partition coefficient (Wildman–Crippen LogP) is 2.64. The Balaban J connectivity index is 1.92. The first kappa shape index (κ1) is 13.2. The van der Waals surface area contributed by atoms with E-state index in [0.717, 1.165) is 5.82 Å². The Labute approximate surface area is 113 Å². The second-order valence-electron chi connectivity index (χ2n) is 4.84. The Morgan fingerprint density at radius 1 is 1.11 bits per heavy atom. The summed E-state index contributed by atoms with van der Waals surface area (Å²) in [6.07, 6.45) is 12.5. The van der Waals surface area contributed by atoms with Gasteiger partial charge in [0.2, 0.25) is 0 Å². The minimum Gasteiger partial charge on any atom is -0.388 e. The molecule has 0 aliphatic heterocycles. The number of rotatable bonds is 3. The van der Waals surface area contributed by atoms with Crippen LogP contribution in [-0.4, -0.2) is 21.0 Å². The van der Waals surface area contributed by atoms with Gasteiger partial charge in [0.25, 0.3) is 0 Å². The number of thiocarbonyl (C=S) groups is 1. The van der Waals surface area contributed by atoms with Crippen LogP contribution in [0.3, 0.4) is 0 Å². The van der Waals surface area contributed by atoms with E-state index in [1.165, 1.54) is 44.9 Å². The highest BCUT2D eigenvalue weighted by molar-refractivity contribution is 7.80. The molecule has 0 amide bonds. The summed E-state index contributed by atoms with van der Waals surface area (Å²) in [6.45, 7) is 0. The van der Waals surface area contributed by atoms with Crippen LogP contribution in [0.4, 0.5) is 5.82 Å². The molecule has 0 atom stereocenters. The first-order valence-corrected chi connectivity index (χ1v) is 7.05. The lowest BCUT2D eigenvalue weighted by Gasteiger charge is -2.21. The molecular weight excluding hydrogens is 244 g/mol. The van der Waals surface area contributed by atoms with Crippen molar-refractivity contribution >= 4 is 23.0 Å². The summed E-state index contributed by atoms with van der Waals surface area (Å²) in [7, 11) is 0. The average Bonchev–Trinajstić information content (AvgIpc) is 2.33. The van der Waals surface area contributed by atoms with E-state index in [-0.39, 0.29) is 0 Å². The Morgan fingerprint density at radius 3 is 2.33 bits per heavy atom. The van der Waals surface area contributed by atoms with Crippen molar-refractivity contribution in [2.24, 2.45) is 5.73 Å². The molecule has 1 fully saturated rings. The van der Waals surface area contributed by atoms with Crippen LogP contribution in [0.25, 0.3) is 0 Å². The van der Waals surface area contributed by atoms with Gasteiger partial charge in [0, 0.05) is 6.04 Å². The second kappa shape index (κ2) is 6.64. The van der Waals surface area contributed by atoms with Crippen molar-refractivity contribution < 1.29 is 0 Å². The highest BCUT2D eigenvalue weighted by Crippen LogP contribution is 2.19. The van der Waals surface area contributed by atoms with Crippen molar-refractivity contribution in [3.63, 3.8) is 0 Å². The molecule has 5 heteroatoms. The zero-order valence-electron chi connectivity index (χ0n) is 10.6. The number of nitrogens with zero attached hydrogens (tertiary/aromatic N) is 2. The molecule has 0 saturated heterocycles. The largest absolute Gasteiger partial charge is 0.388 e. The molecule has 0 radical (unpaired) electrons. The van der Waals surface area contributed by atoms with Gasteiger partial charge in [-0.1, -0.05) is 44.3 Å². The summed E-state index contributed by atoms with van der Waals surface area (Å²) in [5, 5.41) is 3.46. The van der Waals surface area contributed by atoms with Gasteiger partial charge in [-0.25, -0.2) is 9.97 Å². The molecule has 0 unspecified atom stereocenters. The summed E-state index contributed by atoms with van der Waals surface area (Å²) in [6, 6.07) is 0.523. The molecule has 1 heterocycles. The van der Waals surface area contributed by atoms with Crippen molar-refractivity contribution in [3.8, 4) is 0 Å². The molecule has 0 bridgehead atoms. The topological polar surface area (TPSA) is 63.8 Å². The van der Waals surface area contributed by atoms with Gasteiger partial charge in [-0.3, -0.25) is 0 Å². The standard InChI is InChI=1S/C13H20N4S/c14-13(18)11-8-16-12(9-15-11)17-10-6-4-2-1-3-5-7-10/h8-10H,1-7H2,(H2,14,18)(H,16,17). The minimum atomic E-state index is 0.292. The summed E-state index contributed by atoms with van der Waals surface area (Å²) in [5.41, 5.74) is 6.07. The second-order valence-corrected chi connectivity index (χ2v) is 5.28. The lowest BCUT2D eigenvalue weighted by molar-refractivity contribution is 0.470. The molecule has 18 heavy (non-hydrogen) atoms. The SMILES string of the molecule is NC(=S)c1cnc(NC2CCCCCCC2)cn1. The van der Waals surface area contributed by atoms with Crippen molar-refractivity contribution in [1.82, 2.24) is 9.97 Å². The zero-order chi connectivity index (χ0) is 12.8. The lowest BCUT2D eigenvalue weighted by Crippen LogP contribution is -2.21. The van der Waals surface area contributed by atoms with Crippen LogP contribution in [0.1, 0.15) is 50.6 Å². The molecule has 0 spiro atoms. The van der Waals surface area contributed by atoms with E-state index in [0.29, 0.717) is 16.7 Å². The molecule has 3 N–H and O–H groups in total. The number of aromatic nitrogens is 2. The lowest BCUT2D eigenvalue weighted by atomic mass is 9.97. The first-order valence-electron chi connectivity index (χ1n) is 6.64. The first-order chi connectivity index (χ1) is 8.75. The highest BCUT2D eigenvalue weighted by atomic mass is 32.1. The van der Waals surface area contributed by atoms with Crippen molar-refractivity contribution in [2.45, 2.75) is 51.0 Å². The van der Waals surface area contributed by atoms with Gasteiger partial charge in [-0.15, -0.1) is 0 Å². The molecule has 98 valence electrons. The molecule has 2 rings (SSSR count). The van der Waals surface area contributed by atoms with E-state index in [1.54, 1.807) is 12.4 Å². The number of nitrogens with one attached hydrogen (secondary N) is 1. The minimum absolute atomic E-state index is 0.292. The fourth-order valence-electron chi connectivity index (χ4n) is 2.34. The average molecular weight is 264 g/mol. The Morgan fingerprint density at radius 2 is 1.78 bits per heavy atom. The van der Waals surface area contributed by atoms with Gasteiger partial charge in [-0.2, -0.15) is 0 Å². The molecule has 1 aliphatic rings. The van der Waals surface area contributed by atoms with Crippen molar-refractivity contribution in [3.05, 3.63) is 18.1 Å². The maximum atomic E-state index is 5.49. The third-order valence-corrected chi connectivity index (χ3v) is 3.57.